The first-order chi connectivity index (χ1) is 12.7. The summed E-state index contributed by atoms with van der Waals surface area (Å²) >= 11 is 5.06. The highest BCUT2D eigenvalue weighted by molar-refractivity contribution is 7.80. The summed E-state index contributed by atoms with van der Waals surface area (Å²) < 4.78 is 52.8. The van der Waals surface area contributed by atoms with Crippen molar-refractivity contribution in [3.8, 4) is 5.75 Å². The van der Waals surface area contributed by atoms with Gasteiger partial charge in [0.25, 0.3) is 5.91 Å². The molecule has 0 aliphatic rings. The smallest absolute Gasteiger partial charge is 0.406 e. The van der Waals surface area contributed by atoms with Crippen molar-refractivity contribution in [3.63, 3.8) is 0 Å². The molecular weight excluding hydrogens is 386 g/mol. The van der Waals surface area contributed by atoms with Gasteiger partial charge in [-0.15, -0.1) is 13.2 Å². The fourth-order valence-corrected chi connectivity index (χ4v) is 2.19. The Morgan fingerprint density at radius 3 is 2.15 bits per heavy atom. The highest BCUT2D eigenvalue weighted by Gasteiger charge is 2.30. The Bertz CT molecular complexity index is 780. The van der Waals surface area contributed by atoms with Gasteiger partial charge >= 0.3 is 6.36 Å². The Labute approximate surface area is 157 Å². The van der Waals surface area contributed by atoms with Gasteiger partial charge in [0.05, 0.1) is 0 Å². The molecule has 0 aromatic heterocycles. The maximum absolute atomic E-state index is 12.8. The summed E-state index contributed by atoms with van der Waals surface area (Å²) in [5.74, 6) is -1.12. The molecule has 0 fully saturated rings. The van der Waals surface area contributed by atoms with Crippen molar-refractivity contribution in [3.05, 3.63) is 59.9 Å². The van der Waals surface area contributed by atoms with Gasteiger partial charge in [-0.2, -0.15) is 0 Å². The Hall–Kier alpha value is -2.88. The second-order valence-electron chi connectivity index (χ2n) is 5.22. The number of carbonyl (C=O) groups excluding carboxylic acids is 1. The number of hydrogen-bond acceptors (Lipinski definition) is 3. The molecule has 2 rings (SSSR count). The van der Waals surface area contributed by atoms with E-state index in [0.717, 1.165) is 12.1 Å². The molecule has 0 saturated heterocycles. The lowest BCUT2D eigenvalue weighted by atomic mass is 10.2. The molecule has 0 spiro atoms. The number of alkyl halides is 3. The minimum absolute atomic E-state index is 0.232. The first kappa shape index (κ1) is 20.4. The minimum Gasteiger partial charge on any atom is -0.406 e. The van der Waals surface area contributed by atoms with Crippen LogP contribution in [0.4, 0.5) is 23.2 Å². The SMILES string of the molecule is O=C(NCCNC(=S)Nc1ccc(OC(F)(F)F)cc1)c1ccc(F)cc1. The zero-order valence-corrected chi connectivity index (χ0v) is 14.6. The summed E-state index contributed by atoms with van der Waals surface area (Å²) in [4.78, 5) is 11.8. The third-order valence-electron chi connectivity index (χ3n) is 3.15. The molecule has 2 aromatic rings. The third kappa shape index (κ3) is 7.48. The van der Waals surface area contributed by atoms with Gasteiger partial charge in [0.2, 0.25) is 0 Å². The van der Waals surface area contributed by atoms with E-state index >= 15 is 0 Å². The van der Waals surface area contributed by atoms with Crippen LogP contribution in [-0.2, 0) is 0 Å². The quantitative estimate of drug-likeness (QED) is 0.393. The number of amides is 1. The molecule has 144 valence electrons. The van der Waals surface area contributed by atoms with Crippen molar-refractivity contribution < 1.29 is 27.1 Å². The summed E-state index contributed by atoms with van der Waals surface area (Å²) in [6, 6.07) is 10.2. The molecule has 0 aliphatic carbocycles. The molecule has 1 amide bonds. The molecule has 2 aromatic carbocycles. The first-order valence-electron chi connectivity index (χ1n) is 7.67. The highest BCUT2D eigenvalue weighted by atomic mass is 32.1. The minimum atomic E-state index is -4.75. The number of carbonyl (C=O) groups is 1. The lowest BCUT2D eigenvalue weighted by Gasteiger charge is -2.12. The van der Waals surface area contributed by atoms with Crippen LogP contribution >= 0.6 is 12.2 Å². The van der Waals surface area contributed by atoms with Crippen LogP contribution in [0, 0.1) is 5.82 Å². The second kappa shape index (κ2) is 9.17. The first-order valence-corrected chi connectivity index (χ1v) is 8.08. The maximum atomic E-state index is 12.8. The molecule has 3 N–H and O–H groups in total. The average molecular weight is 401 g/mol. The van der Waals surface area contributed by atoms with Gasteiger partial charge in [-0.25, -0.2) is 4.39 Å². The van der Waals surface area contributed by atoms with Gasteiger partial charge in [-0.3, -0.25) is 4.79 Å². The van der Waals surface area contributed by atoms with E-state index in [1.807, 2.05) is 0 Å². The van der Waals surface area contributed by atoms with E-state index in [4.69, 9.17) is 12.2 Å². The molecule has 27 heavy (non-hydrogen) atoms. The van der Waals surface area contributed by atoms with E-state index in [-0.39, 0.29) is 23.3 Å². The molecule has 10 heteroatoms. The largest absolute Gasteiger partial charge is 0.573 e. The van der Waals surface area contributed by atoms with Crippen LogP contribution in [0.15, 0.2) is 48.5 Å². The van der Waals surface area contributed by atoms with Gasteiger partial charge in [-0.1, -0.05) is 0 Å². The summed E-state index contributed by atoms with van der Waals surface area (Å²) in [6.07, 6.45) is -4.75. The lowest BCUT2D eigenvalue weighted by Crippen LogP contribution is -2.36. The van der Waals surface area contributed by atoms with Crippen LogP contribution < -0.4 is 20.7 Å². The van der Waals surface area contributed by atoms with Crippen LogP contribution in [0.5, 0.6) is 5.75 Å². The van der Waals surface area contributed by atoms with E-state index in [1.54, 1.807) is 0 Å². The Kier molecular flexibility index (Phi) is 6.94. The van der Waals surface area contributed by atoms with E-state index < -0.39 is 12.2 Å². The van der Waals surface area contributed by atoms with Crippen molar-refractivity contribution >= 4 is 28.9 Å². The van der Waals surface area contributed by atoms with E-state index in [9.17, 15) is 22.4 Å². The van der Waals surface area contributed by atoms with E-state index in [1.165, 1.54) is 36.4 Å². The summed E-state index contributed by atoms with van der Waals surface area (Å²) in [7, 11) is 0. The number of ether oxygens (including phenoxy) is 1. The van der Waals surface area contributed by atoms with Crippen LogP contribution in [0.25, 0.3) is 0 Å². The number of anilines is 1. The molecular formula is C17H15F4N3O2S. The summed E-state index contributed by atoms with van der Waals surface area (Å²) in [5, 5.41) is 8.49. The van der Waals surface area contributed by atoms with Crippen molar-refractivity contribution in [2.75, 3.05) is 18.4 Å². The van der Waals surface area contributed by atoms with Crippen molar-refractivity contribution in [1.29, 1.82) is 0 Å². The third-order valence-corrected chi connectivity index (χ3v) is 3.39. The predicted octanol–water partition coefficient (Wildman–Crippen LogP) is 3.44. The van der Waals surface area contributed by atoms with Crippen LogP contribution in [-0.4, -0.2) is 30.5 Å². The topological polar surface area (TPSA) is 62.4 Å². The van der Waals surface area contributed by atoms with Gasteiger partial charge in [0.1, 0.15) is 11.6 Å². The standard InChI is InChI=1S/C17H15F4N3O2S/c18-12-3-1-11(2-4-12)15(25)22-9-10-23-16(27)24-13-5-7-14(8-6-13)26-17(19,20)21/h1-8H,9-10H2,(H,22,25)(H2,23,24,27). The Morgan fingerprint density at radius 2 is 1.56 bits per heavy atom. The summed E-state index contributed by atoms with van der Waals surface area (Å²) in [6.45, 7) is 0.574. The van der Waals surface area contributed by atoms with Crippen LogP contribution in [0.1, 0.15) is 10.4 Å². The zero-order chi connectivity index (χ0) is 19.9. The molecule has 0 bridgehead atoms. The fourth-order valence-electron chi connectivity index (χ4n) is 1.97. The zero-order valence-electron chi connectivity index (χ0n) is 13.8. The summed E-state index contributed by atoms with van der Waals surface area (Å²) in [5.41, 5.74) is 0.802. The second-order valence-corrected chi connectivity index (χ2v) is 5.62. The normalized spacial score (nSPS) is 10.8. The number of hydrogen-bond donors (Lipinski definition) is 3. The molecule has 0 radical (unpaired) electrons. The number of benzene rings is 2. The molecule has 0 heterocycles. The van der Waals surface area contributed by atoms with Gasteiger partial charge < -0.3 is 20.7 Å². The average Bonchev–Trinajstić information content (AvgIpc) is 2.59. The van der Waals surface area contributed by atoms with Gasteiger partial charge in [0, 0.05) is 24.3 Å². The van der Waals surface area contributed by atoms with Crippen molar-refractivity contribution in [2.24, 2.45) is 0 Å². The number of nitrogens with one attached hydrogen (secondary N) is 3. The number of thiocarbonyl (C=S) groups is 1. The molecule has 0 aliphatic heterocycles. The van der Waals surface area contributed by atoms with E-state index in [2.05, 4.69) is 20.7 Å². The number of rotatable bonds is 6. The highest BCUT2D eigenvalue weighted by Crippen LogP contribution is 2.23. The number of halogens is 4. The van der Waals surface area contributed by atoms with Crippen molar-refractivity contribution in [1.82, 2.24) is 10.6 Å². The van der Waals surface area contributed by atoms with Crippen molar-refractivity contribution in [2.45, 2.75) is 6.36 Å². The Morgan fingerprint density at radius 1 is 0.963 bits per heavy atom. The monoisotopic (exact) mass is 401 g/mol. The Balaban J connectivity index is 1.70. The molecule has 5 nitrogen and oxygen atoms in total. The van der Waals surface area contributed by atoms with Gasteiger partial charge in [-0.05, 0) is 60.7 Å². The van der Waals surface area contributed by atoms with Gasteiger partial charge in [0.15, 0.2) is 5.11 Å². The lowest BCUT2D eigenvalue weighted by molar-refractivity contribution is -0.274. The predicted molar refractivity (Wildman–Crippen MR) is 96.1 cm³/mol. The molecule has 0 saturated carbocycles. The van der Waals surface area contributed by atoms with E-state index in [0.29, 0.717) is 17.8 Å². The molecule has 0 unspecified atom stereocenters. The molecule has 0 atom stereocenters. The van der Waals surface area contributed by atoms with Crippen LogP contribution in [0.2, 0.25) is 0 Å². The maximum Gasteiger partial charge on any atom is 0.573 e. The fraction of sp³-hybridized carbons (Fsp3) is 0.176. The van der Waals surface area contributed by atoms with Crippen LogP contribution in [0.3, 0.4) is 0 Å².